The summed E-state index contributed by atoms with van der Waals surface area (Å²) in [6.45, 7) is 0.0297. The van der Waals surface area contributed by atoms with Crippen molar-refractivity contribution < 1.29 is 41.3 Å². The minimum absolute atomic E-state index is 0.00177. The first-order chi connectivity index (χ1) is 18.5. The van der Waals surface area contributed by atoms with Crippen molar-refractivity contribution in [1.82, 2.24) is 15.6 Å². The maximum atomic E-state index is 14.8. The SMILES string of the molecule is O=C(NC1COCC1O)NC(Cc1ccccc1)(c1cc(F)cc(OC(F)(F)C(F)F)c1)c1ccc(Cl)cn1. The van der Waals surface area contributed by atoms with E-state index < -0.39 is 47.8 Å². The third-order valence-corrected chi connectivity index (χ3v) is 6.27. The maximum Gasteiger partial charge on any atom is 0.461 e. The van der Waals surface area contributed by atoms with E-state index in [0.717, 1.165) is 12.1 Å². The Morgan fingerprint density at radius 3 is 2.51 bits per heavy atom. The number of halogens is 6. The number of pyridine rings is 1. The van der Waals surface area contributed by atoms with Crippen LogP contribution in [0, 0.1) is 5.82 Å². The molecule has 7 nitrogen and oxygen atoms in total. The quantitative estimate of drug-likeness (QED) is 0.325. The number of amides is 2. The van der Waals surface area contributed by atoms with Crippen LogP contribution in [0.3, 0.4) is 0 Å². The van der Waals surface area contributed by atoms with Crippen LogP contribution in [0.25, 0.3) is 0 Å². The number of ether oxygens (including phenoxy) is 2. The van der Waals surface area contributed by atoms with Crippen LogP contribution in [0.4, 0.5) is 26.7 Å². The number of rotatable bonds is 9. The van der Waals surface area contributed by atoms with Gasteiger partial charge in [0.05, 0.1) is 36.1 Å². The molecule has 3 atom stereocenters. The predicted molar refractivity (Wildman–Crippen MR) is 130 cm³/mol. The number of aromatic nitrogens is 1. The molecule has 1 saturated heterocycles. The molecular weight excluding hydrogens is 549 g/mol. The van der Waals surface area contributed by atoms with Crippen LogP contribution in [0.15, 0.2) is 66.9 Å². The monoisotopic (exact) mass is 571 g/mol. The summed E-state index contributed by atoms with van der Waals surface area (Å²) in [6.07, 6.45) is -8.89. The number of carbonyl (C=O) groups is 1. The summed E-state index contributed by atoms with van der Waals surface area (Å²) in [5.74, 6) is -2.00. The van der Waals surface area contributed by atoms with Gasteiger partial charge in [-0.05, 0) is 35.4 Å². The first kappa shape index (κ1) is 28.5. The molecule has 3 unspecified atom stereocenters. The molecule has 1 aliphatic heterocycles. The molecule has 0 spiro atoms. The topological polar surface area (TPSA) is 92.7 Å². The minimum atomic E-state index is -4.91. The Balaban J connectivity index is 1.86. The normalized spacial score (nSPS) is 19.0. The van der Waals surface area contributed by atoms with Crippen LogP contribution in [-0.4, -0.2) is 54.0 Å². The molecular formula is C26H23ClF5N3O4. The van der Waals surface area contributed by atoms with E-state index in [4.69, 9.17) is 16.3 Å². The highest BCUT2D eigenvalue weighted by Gasteiger charge is 2.45. The highest BCUT2D eigenvalue weighted by molar-refractivity contribution is 6.30. The highest BCUT2D eigenvalue weighted by Crippen LogP contribution is 2.37. The number of urea groups is 1. The second-order valence-electron chi connectivity index (χ2n) is 8.88. The van der Waals surface area contributed by atoms with Crippen molar-refractivity contribution in [2.45, 2.75) is 36.6 Å². The smallest absolute Gasteiger partial charge is 0.428 e. The first-order valence-corrected chi connectivity index (χ1v) is 12.0. The van der Waals surface area contributed by atoms with Crippen molar-refractivity contribution in [2.75, 3.05) is 13.2 Å². The molecule has 208 valence electrons. The molecule has 2 amide bonds. The number of carbonyl (C=O) groups excluding carboxylic acids is 1. The van der Waals surface area contributed by atoms with Crippen LogP contribution < -0.4 is 15.4 Å². The fraction of sp³-hybridized carbons (Fsp3) is 0.308. The summed E-state index contributed by atoms with van der Waals surface area (Å²) < 4.78 is 77.3. The van der Waals surface area contributed by atoms with Crippen molar-refractivity contribution in [3.05, 3.63) is 94.5 Å². The summed E-state index contributed by atoms with van der Waals surface area (Å²) in [5.41, 5.74) is -1.17. The van der Waals surface area contributed by atoms with E-state index in [9.17, 15) is 31.9 Å². The number of hydrogen-bond donors (Lipinski definition) is 3. The summed E-state index contributed by atoms with van der Waals surface area (Å²) in [7, 11) is 0. The van der Waals surface area contributed by atoms with Crippen LogP contribution in [-0.2, 0) is 16.7 Å². The average molecular weight is 572 g/mol. The van der Waals surface area contributed by atoms with Crippen molar-refractivity contribution >= 4 is 17.6 Å². The van der Waals surface area contributed by atoms with Gasteiger partial charge < -0.3 is 25.2 Å². The van der Waals surface area contributed by atoms with Gasteiger partial charge in [0.2, 0.25) is 0 Å². The molecule has 1 fully saturated rings. The zero-order valence-electron chi connectivity index (χ0n) is 20.1. The molecule has 4 rings (SSSR count). The second-order valence-corrected chi connectivity index (χ2v) is 9.32. The third kappa shape index (κ3) is 6.75. The molecule has 0 saturated carbocycles. The largest absolute Gasteiger partial charge is 0.461 e. The second kappa shape index (κ2) is 11.7. The highest BCUT2D eigenvalue weighted by atomic mass is 35.5. The molecule has 0 aliphatic carbocycles. The van der Waals surface area contributed by atoms with Gasteiger partial charge in [-0.3, -0.25) is 4.98 Å². The molecule has 2 aromatic carbocycles. The number of aliphatic hydroxyl groups excluding tert-OH is 1. The molecule has 3 N–H and O–H groups in total. The molecule has 3 aromatic rings. The summed E-state index contributed by atoms with van der Waals surface area (Å²) in [4.78, 5) is 17.6. The molecule has 39 heavy (non-hydrogen) atoms. The fourth-order valence-electron chi connectivity index (χ4n) is 4.20. The lowest BCUT2D eigenvalue weighted by Crippen LogP contribution is -2.56. The number of nitrogens with zero attached hydrogens (tertiary/aromatic N) is 1. The Morgan fingerprint density at radius 2 is 1.90 bits per heavy atom. The first-order valence-electron chi connectivity index (χ1n) is 11.6. The molecule has 1 aliphatic rings. The Bertz CT molecular complexity index is 1290. The third-order valence-electron chi connectivity index (χ3n) is 6.04. The zero-order valence-corrected chi connectivity index (χ0v) is 20.8. The van der Waals surface area contributed by atoms with Crippen LogP contribution in [0.2, 0.25) is 5.02 Å². The minimum Gasteiger partial charge on any atom is -0.428 e. The van der Waals surface area contributed by atoms with Crippen LogP contribution in [0.1, 0.15) is 16.8 Å². The van der Waals surface area contributed by atoms with Gasteiger partial charge in [0.25, 0.3) is 0 Å². The van der Waals surface area contributed by atoms with Gasteiger partial charge in [-0.2, -0.15) is 17.6 Å². The van der Waals surface area contributed by atoms with Gasteiger partial charge >= 0.3 is 18.6 Å². The number of benzene rings is 2. The number of alkyl halides is 4. The van der Waals surface area contributed by atoms with Gasteiger partial charge in [0, 0.05) is 18.7 Å². The number of aliphatic hydroxyl groups is 1. The van der Waals surface area contributed by atoms with Gasteiger partial charge in [-0.15, -0.1) is 0 Å². The van der Waals surface area contributed by atoms with E-state index in [0.29, 0.717) is 11.6 Å². The molecule has 0 radical (unpaired) electrons. The van der Waals surface area contributed by atoms with E-state index in [1.807, 2.05) is 0 Å². The Kier molecular flexibility index (Phi) is 8.57. The zero-order chi connectivity index (χ0) is 28.2. The molecule has 13 heteroatoms. The maximum absolute atomic E-state index is 14.8. The molecule has 2 heterocycles. The molecule has 0 bridgehead atoms. The van der Waals surface area contributed by atoms with E-state index in [2.05, 4.69) is 20.4 Å². The Morgan fingerprint density at radius 1 is 1.15 bits per heavy atom. The summed E-state index contributed by atoms with van der Waals surface area (Å²) >= 11 is 6.02. The van der Waals surface area contributed by atoms with E-state index in [-0.39, 0.29) is 35.9 Å². The standard InChI is InChI=1S/C26H23ClF5N3O4/c27-17-6-7-22(33-12-17)25(11-15-4-2-1-3-5-15,35-24(37)34-20-13-38-14-21(20)36)16-8-18(28)10-19(9-16)39-26(31,32)23(29)30/h1-10,12,20-21,23,36H,11,13-14H2,(H2,34,35,37). The Labute approximate surface area is 224 Å². The lowest BCUT2D eigenvalue weighted by atomic mass is 9.80. The van der Waals surface area contributed by atoms with Gasteiger partial charge in [0.1, 0.15) is 17.1 Å². The van der Waals surface area contributed by atoms with Crippen LogP contribution >= 0.6 is 11.6 Å². The lowest BCUT2D eigenvalue weighted by Gasteiger charge is -2.36. The van der Waals surface area contributed by atoms with Crippen LogP contribution in [0.5, 0.6) is 5.75 Å². The van der Waals surface area contributed by atoms with Gasteiger partial charge in [-0.25, -0.2) is 9.18 Å². The van der Waals surface area contributed by atoms with Crippen molar-refractivity contribution in [1.29, 1.82) is 0 Å². The average Bonchev–Trinajstić information content (AvgIpc) is 3.27. The van der Waals surface area contributed by atoms with Crippen molar-refractivity contribution in [2.24, 2.45) is 0 Å². The summed E-state index contributed by atoms with van der Waals surface area (Å²) in [6, 6.07) is 12.3. The predicted octanol–water partition coefficient (Wildman–Crippen LogP) is 4.66. The number of nitrogens with one attached hydrogen (secondary N) is 2. The van der Waals surface area contributed by atoms with E-state index in [1.54, 1.807) is 30.3 Å². The van der Waals surface area contributed by atoms with Crippen molar-refractivity contribution in [3.63, 3.8) is 0 Å². The number of hydrogen-bond acceptors (Lipinski definition) is 5. The summed E-state index contributed by atoms with van der Waals surface area (Å²) in [5, 5.41) is 15.6. The van der Waals surface area contributed by atoms with Crippen molar-refractivity contribution in [3.8, 4) is 5.75 Å². The fourth-order valence-corrected chi connectivity index (χ4v) is 4.31. The van der Waals surface area contributed by atoms with Gasteiger partial charge in [-0.1, -0.05) is 41.9 Å². The Hall–Kier alpha value is -3.48. The molecule has 1 aromatic heterocycles. The van der Waals surface area contributed by atoms with E-state index >= 15 is 0 Å². The lowest BCUT2D eigenvalue weighted by molar-refractivity contribution is -0.253. The van der Waals surface area contributed by atoms with Gasteiger partial charge in [0.15, 0.2) is 0 Å². The van der Waals surface area contributed by atoms with E-state index in [1.165, 1.54) is 18.3 Å².